The highest BCUT2D eigenvalue weighted by Crippen LogP contribution is 2.19. The summed E-state index contributed by atoms with van der Waals surface area (Å²) in [4.78, 5) is 4.06. The Morgan fingerprint density at radius 3 is 2.75 bits per heavy atom. The molecule has 0 atom stereocenters. The molecule has 0 spiro atoms. The van der Waals surface area contributed by atoms with Crippen LogP contribution in [0.2, 0.25) is 0 Å². The van der Waals surface area contributed by atoms with E-state index >= 15 is 0 Å². The maximum atomic E-state index is 13.6. The van der Waals surface area contributed by atoms with Gasteiger partial charge in [0.05, 0.1) is 6.26 Å². The van der Waals surface area contributed by atoms with Gasteiger partial charge in [0.1, 0.15) is 22.2 Å². The van der Waals surface area contributed by atoms with Crippen LogP contribution in [-0.4, -0.2) is 24.5 Å². The number of benzene rings is 1. The molecule has 24 heavy (non-hydrogen) atoms. The molecule has 126 valence electrons. The van der Waals surface area contributed by atoms with Crippen molar-refractivity contribution in [3.8, 4) is 11.5 Å². The lowest BCUT2D eigenvalue weighted by molar-refractivity contribution is 0.556. The zero-order valence-electron chi connectivity index (χ0n) is 12.9. The quantitative estimate of drug-likeness (QED) is 0.741. The van der Waals surface area contributed by atoms with Gasteiger partial charge in [-0.1, -0.05) is 12.1 Å². The van der Waals surface area contributed by atoms with E-state index in [0.29, 0.717) is 23.7 Å². The lowest BCUT2D eigenvalue weighted by Gasteiger charge is -2.07. The van der Waals surface area contributed by atoms with Crippen LogP contribution >= 0.6 is 0 Å². The first-order valence-electron chi connectivity index (χ1n) is 7.28. The summed E-state index contributed by atoms with van der Waals surface area (Å²) in [6, 6.07) is 8.83. The molecule has 3 aromatic rings. The minimum atomic E-state index is -3.89. The number of furan rings is 1. The van der Waals surface area contributed by atoms with Crippen molar-refractivity contribution in [2.75, 3.05) is 6.54 Å². The molecule has 0 aliphatic rings. The van der Waals surface area contributed by atoms with E-state index in [0.717, 1.165) is 6.07 Å². The Labute approximate surface area is 139 Å². The van der Waals surface area contributed by atoms with E-state index in [1.165, 1.54) is 18.2 Å². The Kier molecular flexibility index (Phi) is 4.50. The van der Waals surface area contributed by atoms with Gasteiger partial charge in [0, 0.05) is 26.2 Å². The molecule has 0 aliphatic heterocycles. The number of halogens is 1. The van der Waals surface area contributed by atoms with Crippen molar-refractivity contribution in [2.45, 2.75) is 11.3 Å². The predicted molar refractivity (Wildman–Crippen MR) is 86.2 cm³/mol. The van der Waals surface area contributed by atoms with Gasteiger partial charge in [0.25, 0.3) is 0 Å². The zero-order chi connectivity index (χ0) is 17.2. The van der Waals surface area contributed by atoms with Crippen LogP contribution < -0.4 is 4.72 Å². The van der Waals surface area contributed by atoms with Crippen LogP contribution in [0.3, 0.4) is 0 Å². The van der Waals surface area contributed by atoms with Crippen molar-refractivity contribution >= 4 is 10.0 Å². The molecule has 1 N–H and O–H groups in total. The van der Waals surface area contributed by atoms with Crippen molar-refractivity contribution in [1.82, 2.24) is 14.3 Å². The number of aryl methyl sites for hydroxylation is 1. The Balaban J connectivity index is 1.68. The van der Waals surface area contributed by atoms with Crippen LogP contribution in [0.4, 0.5) is 4.39 Å². The molecule has 0 radical (unpaired) electrons. The average molecular weight is 349 g/mol. The van der Waals surface area contributed by atoms with Gasteiger partial charge < -0.3 is 8.98 Å². The fourth-order valence-corrected chi connectivity index (χ4v) is 3.43. The molecule has 2 aromatic heterocycles. The summed E-state index contributed by atoms with van der Waals surface area (Å²) >= 11 is 0. The smallest absolute Gasteiger partial charge is 0.243 e. The van der Waals surface area contributed by atoms with Gasteiger partial charge in [0.2, 0.25) is 10.0 Å². The molecule has 6 nitrogen and oxygen atoms in total. The molecule has 8 heteroatoms. The molecule has 1 aromatic carbocycles. The first-order valence-corrected chi connectivity index (χ1v) is 8.76. The summed E-state index contributed by atoms with van der Waals surface area (Å²) in [6.07, 6.45) is 3.73. The number of hydrogen-bond acceptors (Lipinski definition) is 4. The van der Waals surface area contributed by atoms with Crippen molar-refractivity contribution in [2.24, 2.45) is 7.05 Å². The summed E-state index contributed by atoms with van der Waals surface area (Å²) in [7, 11) is -2.07. The summed E-state index contributed by atoms with van der Waals surface area (Å²) < 4.78 is 47.3. The third-order valence-corrected chi connectivity index (χ3v) is 5.01. The third kappa shape index (κ3) is 3.39. The van der Waals surface area contributed by atoms with Crippen molar-refractivity contribution in [3.63, 3.8) is 0 Å². The van der Waals surface area contributed by atoms with E-state index in [1.807, 2.05) is 7.05 Å². The average Bonchev–Trinajstić information content (AvgIpc) is 3.18. The number of aromatic nitrogens is 2. The van der Waals surface area contributed by atoms with Crippen LogP contribution in [0.5, 0.6) is 0 Å². The van der Waals surface area contributed by atoms with E-state index < -0.39 is 15.8 Å². The first kappa shape index (κ1) is 16.4. The predicted octanol–water partition coefficient (Wildman–Crippen LogP) is 2.34. The second-order valence-electron chi connectivity index (χ2n) is 5.21. The number of sulfonamides is 1. The summed E-state index contributed by atoms with van der Waals surface area (Å²) in [5.41, 5.74) is 0.675. The molecule has 0 aliphatic carbocycles. The van der Waals surface area contributed by atoms with E-state index in [-0.39, 0.29) is 11.4 Å². The highest BCUT2D eigenvalue weighted by molar-refractivity contribution is 7.89. The van der Waals surface area contributed by atoms with E-state index in [1.54, 1.807) is 29.2 Å². The van der Waals surface area contributed by atoms with Crippen LogP contribution in [-0.2, 0) is 23.5 Å². The second-order valence-corrected chi connectivity index (χ2v) is 6.94. The van der Waals surface area contributed by atoms with Crippen molar-refractivity contribution < 1.29 is 17.2 Å². The van der Waals surface area contributed by atoms with E-state index in [4.69, 9.17) is 4.42 Å². The van der Waals surface area contributed by atoms with E-state index in [2.05, 4.69) is 9.71 Å². The first-order chi connectivity index (χ1) is 11.5. The molecular formula is C16H16FN3O3S. The SMILES string of the molecule is Cn1cc(-c2ccco2)nc1CCNS(=O)(=O)c1ccccc1F. The van der Waals surface area contributed by atoms with Gasteiger partial charge in [-0.25, -0.2) is 22.5 Å². The van der Waals surface area contributed by atoms with Gasteiger partial charge in [-0.3, -0.25) is 0 Å². The molecule has 0 saturated heterocycles. The van der Waals surface area contributed by atoms with Crippen LogP contribution in [0.15, 0.2) is 58.2 Å². The number of hydrogen-bond donors (Lipinski definition) is 1. The zero-order valence-corrected chi connectivity index (χ0v) is 13.8. The molecule has 0 fully saturated rings. The fraction of sp³-hybridized carbons (Fsp3) is 0.188. The monoisotopic (exact) mass is 349 g/mol. The van der Waals surface area contributed by atoms with Gasteiger partial charge in [-0.2, -0.15) is 0 Å². The number of imidazole rings is 1. The molecular weight excluding hydrogens is 333 g/mol. The normalized spacial score (nSPS) is 11.8. The minimum Gasteiger partial charge on any atom is -0.463 e. The largest absolute Gasteiger partial charge is 0.463 e. The number of rotatable bonds is 6. The Morgan fingerprint density at radius 2 is 2.04 bits per heavy atom. The Morgan fingerprint density at radius 1 is 1.25 bits per heavy atom. The van der Waals surface area contributed by atoms with Gasteiger partial charge in [0.15, 0.2) is 5.76 Å². The molecule has 3 rings (SSSR count). The highest BCUT2D eigenvalue weighted by Gasteiger charge is 2.18. The summed E-state index contributed by atoms with van der Waals surface area (Å²) in [5, 5.41) is 0. The summed E-state index contributed by atoms with van der Waals surface area (Å²) in [5.74, 6) is 0.559. The Hall–Kier alpha value is -2.45. The standard InChI is InChI=1S/C16H16FN3O3S/c1-20-11-13(14-6-4-10-23-14)19-16(20)8-9-18-24(21,22)15-7-3-2-5-12(15)17/h2-7,10-11,18H,8-9H2,1H3. The number of nitrogens with zero attached hydrogens (tertiary/aromatic N) is 2. The van der Waals surface area contributed by atoms with Crippen molar-refractivity contribution in [3.05, 3.63) is 60.5 Å². The van der Waals surface area contributed by atoms with Crippen LogP contribution in [0.25, 0.3) is 11.5 Å². The fourth-order valence-electron chi connectivity index (χ4n) is 2.32. The van der Waals surface area contributed by atoms with Gasteiger partial charge in [-0.15, -0.1) is 0 Å². The Bertz CT molecular complexity index is 933. The molecule has 0 bridgehead atoms. The lowest BCUT2D eigenvalue weighted by Crippen LogP contribution is -2.27. The highest BCUT2D eigenvalue weighted by atomic mass is 32.2. The maximum absolute atomic E-state index is 13.6. The maximum Gasteiger partial charge on any atom is 0.243 e. The number of nitrogens with one attached hydrogen (secondary N) is 1. The summed E-state index contributed by atoms with van der Waals surface area (Å²) in [6.45, 7) is 0.110. The minimum absolute atomic E-state index is 0.110. The van der Waals surface area contributed by atoms with Crippen molar-refractivity contribution in [1.29, 1.82) is 0 Å². The van der Waals surface area contributed by atoms with E-state index in [9.17, 15) is 12.8 Å². The third-order valence-electron chi connectivity index (χ3n) is 3.51. The second kappa shape index (κ2) is 6.58. The molecule has 0 unspecified atom stereocenters. The molecule has 2 heterocycles. The lowest BCUT2D eigenvalue weighted by atomic mass is 10.3. The topological polar surface area (TPSA) is 77.1 Å². The van der Waals surface area contributed by atoms with Gasteiger partial charge >= 0.3 is 0 Å². The molecule has 0 amide bonds. The van der Waals surface area contributed by atoms with Crippen LogP contribution in [0, 0.1) is 5.82 Å². The molecule has 0 saturated carbocycles. The van der Waals surface area contributed by atoms with Gasteiger partial charge in [-0.05, 0) is 24.3 Å². The van der Waals surface area contributed by atoms with Crippen LogP contribution in [0.1, 0.15) is 5.82 Å².